The molecule has 36 heavy (non-hydrogen) atoms. The number of carbonyl (C=O) groups is 2. The van der Waals surface area contributed by atoms with Gasteiger partial charge >= 0.3 is 0 Å². The zero-order chi connectivity index (χ0) is 25.9. The highest BCUT2D eigenvalue weighted by Gasteiger charge is 2.30. The van der Waals surface area contributed by atoms with Crippen LogP contribution in [0.2, 0.25) is 5.02 Å². The molecule has 3 aromatic rings. The van der Waals surface area contributed by atoms with Crippen molar-refractivity contribution in [2.75, 3.05) is 5.75 Å². The third-order valence-electron chi connectivity index (χ3n) is 6.19. The predicted octanol–water partition coefficient (Wildman–Crippen LogP) is 6.44. The molecule has 0 saturated carbocycles. The Morgan fingerprint density at radius 3 is 2.28 bits per heavy atom. The van der Waals surface area contributed by atoms with Gasteiger partial charge in [-0.05, 0) is 43.0 Å². The molecule has 2 atom stereocenters. The molecule has 0 aliphatic carbocycles. The predicted molar refractivity (Wildman–Crippen MR) is 151 cm³/mol. The van der Waals surface area contributed by atoms with Crippen LogP contribution in [0, 0.1) is 6.92 Å². The van der Waals surface area contributed by atoms with E-state index in [1.165, 1.54) is 11.8 Å². The topological polar surface area (TPSA) is 49.4 Å². The number of hydrogen-bond donors (Lipinski definition) is 1. The summed E-state index contributed by atoms with van der Waals surface area (Å²) in [4.78, 5) is 28.9. The fraction of sp³-hybridized carbons (Fsp3) is 0.333. The summed E-state index contributed by atoms with van der Waals surface area (Å²) in [6, 6.07) is 25.1. The van der Waals surface area contributed by atoms with Crippen LogP contribution in [0.5, 0.6) is 0 Å². The molecule has 2 amide bonds. The quantitative estimate of drug-likeness (QED) is 0.298. The number of hydrogen-bond acceptors (Lipinski definition) is 3. The van der Waals surface area contributed by atoms with Crippen LogP contribution >= 0.6 is 23.4 Å². The summed E-state index contributed by atoms with van der Waals surface area (Å²) in [6.45, 7) is 6.44. The zero-order valence-electron chi connectivity index (χ0n) is 21.2. The van der Waals surface area contributed by atoms with Crippen molar-refractivity contribution >= 4 is 35.2 Å². The first-order chi connectivity index (χ1) is 17.4. The Kier molecular flexibility index (Phi) is 10.9. The van der Waals surface area contributed by atoms with Crippen molar-refractivity contribution in [3.05, 3.63) is 106 Å². The Labute approximate surface area is 224 Å². The van der Waals surface area contributed by atoms with E-state index in [9.17, 15) is 9.59 Å². The maximum Gasteiger partial charge on any atom is 0.243 e. The smallest absolute Gasteiger partial charge is 0.243 e. The van der Waals surface area contributed by atoms with Gasteiger partial charge in [-0.3, -0.25) is 9.59 Å². The maximum atomic E-state index is 13.7. The molecule has 6 heteroatoms. The molecule has 1 N–H and O–H groups in total. The number of halogens is 1. The van der Waals surface area contributed by atoms with Crippen LogP contribution in [0.25, 0.3) is 0 Å². The van der Waals surface area contributed by atoms with Gasteiger partial charge in [0.15, 0.2) is 0 Å². The lowest BCUT2D eigenvalue weighted by atomic mass is 10.0. The number of benzene rings is 3. The molecular formula is C30H35ClN2O2S. The largest absolute Gasteiger partial charge is 0.352 e. The number of thioether (sulfide) groups is 1. The second kappa shape index (κ2) is 14.1. The van der Waals surface area contributed by atoms with Gasteiger partial charge in [0.25, 0.3) is 0 Å². The van der Waals surface area contributed by atoms with E-state index in [1.807, 2.05) is 99.6 Å². The van der Waals surface area contributed by atoms with Crippen LogP contribution in [0.1, 0.15) is 42.5 Å². The first-order valence-corrected chi connectivity index (χ1v) is 13.9. The van der Waals surface area contributed by atoms with Crippen molar-refractivity contribution < 1.29 is 9.59 Å². The third kappa shape index (κ3) is 8.42. The molecule has 2 unspecified atom stereocenters. The number of carbonyl (C=O) groups excluding carboxylic acids is 2. The van der Waals surface area contributed by atoms with Gasteiger partial charge in [0.1, 0.15) is 6.04 Å². The fourth-order valence-electron chi connectivity index (χ4n) is 3.83. The number of aryl methyl sites for hydroxylation is 1. The molecule has 0 saturated heterocycles. The minimum atomic E-state index is -0.615. The van der Waals surface area contributed by atoms with Crippen LogP contribution in [0.15, 0.2) is 78.9 Å². The van der Waals surface area contributed by atoms with Gasteiger partial charge in [0, 0.05) is 29.8 Å². The van der Waals surface area contributed by atoms with E-state index in [0.717, 1.165) is 28.7 Å². The summed E-state index contributed by atoms with van der Waals surface area (Å²) in [6.07, 6.45) is 1.28. The van der Waals surface area contributed by atoms with Gasteiger partial charge in [-0.2, -0.15) is 0 Å². The minimum Gasteiger partial charge on any atom is -0.352 e. The van der Waals surface area contributed by atoms with Gasteiger partial charge in [-0.25, -0.2) is 0 Å². The maximum absolute atomic E-state index is 13.7. The monoisotopic (exact) mass is 522 g/mol. The molecule has 0 aliphatic heterocycles. The van der Waals surface area contributed by atoms with Crippen molar-refractivity contribution in [2.45, 2.75) is 58.0 Å². The number of rotatable bonds is 12. The summed E-state index contributed by atoms with van der Waals surface area (Å²) < 4.78 is 0. The molecule has 3 rings (SSSR count). The molecule has 4 nitrogen and oxygen atoms in total. The summed E-state index contributed by atoms with van der Waals surface area (Å²) >= 11 is 7.82. The van der Waals surface area contributed by atoms with Crippen molar-refractivity contribution in [2.24, 2.45) is 0 Å². The van der Waals surface area contributed by atoms with Crippen molar-refractivity contribution in [3.8, 4) is 0 Å². The SMILES string of the molecule is CCC(C)NC(=O)C(Cc1ccccc1)N(Cc1ccc(C)cc1)C(=O)CSCc1ccccc1Cl. The van der Waals surface area contributed by atoms with E-state index in [1.54, 1.807) is 4.90 Å². The normalized spacial score (nSPS) is 12.6. The van der Waals surface area contributed by atoms with Gasteiger partial charge in [-0.1, -0.05) is 96.9 Å². The van der Waals surface area contributed by atoms with Crippen LogP contribution in [0.4, 0.5) is 0 Å². The van der Waals surface area contributed by atoms with Crippen LogP contribution in [-0.4, -0.2) is 34.6 Å². The second-order valence-electron chi connectivity index (χ2n) is 9.11. The van der Waals surface area contributed by atoms with E-state index in [4.69, 9.17) is 11.6 Å². The Hall–Kier alpha value is -2.76. The highest BCUT2D eigenvalue weighted by Crippen LogP contribution is 2.22. The van der Waals surface area contributed by atoms with E-state index in [0.29, 0.717) is 23.7 Å². The van der Waals surface area contributed by atoms with E-state index in [2.05, 4.69) is 5.32 Å². The van der Waals surface area contributed by atoms with E-state index < -0.39 is 6.04 Å². The third-order valence-corrected chi connectivity index (χ3v) is 7.52. The minimum absolute atomic E-state index is 0.0293. The van der Waals surface area contributed by atoms with Gasteiger partial charge < -0.3 is 10.2 Å². The molecule has 0 radical (unpaired) electrons. The average molecular weight is 523 g/mol. The fourth-order valence-corrected chi connectivity index (χ4v) is 5.03. The molecule has 0 bridgehead atoms. The van der Waals surface area contributed by atoms with E-state index >= 15 is 0 Å². The van der Waals surface area contributed by atoms with E-state index in [-0.39, 0.29) is 23.6 Å². The Balaban J connectivity index is 1.85. The van der Waals surface area contributed by atoms with Crippen molar-refractivity contribution in [1.82, 2.24) is 10.2 Å². The number of nitrogens with zero attached hydrogens (tertiary/aromatic N) is 1. The first-order valence-electron chi connectivity index (χ1n) is 12.4. The highest BCUT2D eigenvalue weighted by atomic mass is 35.5. The summed E-state index contributed by atoms with van der Waals surface area (Å²) in [5.41, 5.74) is 4.17. The lowest BCUT2D eigenvalue weighted by Gasteiger charge is -2.32. The number of amides is 2. The highest BCUT2D eigenvalue weighted by molar-refractivity contribution is 7.99. The van der Waals surface area contributed by atoms with Crippen LogP contribution < -0.4 is 5.32 Å². The van der Waals surface area contributed by atoms with Crippen LogP contribution in [0.3, 0.4) is 0 Å². The average Bonchev–Trinajstić information content (AvgIpc) is 2.88. The van der Waals surface area contributed by atoms with Crippen LogP contribution in [-0.2, 0) is 28.3 Å². The van der Waals surface area contributed by atoms with Gasteiger partial charge in [0.05, 0.1) is 5.75 Å². The molecule has 0 fully saturated rings. The zero-order valence-corrected chi connectivity index (χ0v) is 22.8. The summed E-state index contributed by atoms with van der Waals surface area (Å²) in [5, 5.41) is 3.81. The Bertz CT molecular complexity index is 1120. The molecule has 0 aromatic heterocycles. The lowest BCUT2D eigenvalue weighted by Crippen LogP contribution is -2.52. The van der Waals surface area contributed by atoms with Crippen molar-refractivity contribution in [3.63, 3.8) is 0 Å². The Morgan fingerprint density at radius 2 is 1.61 bits per heavy atom. The molecule has 190 valence electrons. The standard InChI is InChI=1S/C30H35ClN2O2S/c1-4-23(3)32-30(35)28(18-24-10-6-5-7-11-24)33(19-25-16-14-22(2)15-17-25)29(34)21-36-20-26-12-8-9-13-27(26)31/h5-17,23,28H,4,18-21H2,1-3H3,(H,32,35). The van der Waals surface area contributed by atoms with Gasteiger partial charge in [-0.15, -0.1) is 11.8 Å². The Morgan fingerprint density at radius 1 is 0.944 bits per heavy atom. The molecular weight excluding hydrogens is 488 g/mol. The molecule has 3 aromatic carbocycles. The summed E-state index contributed by atoms with van der Waals surface area (Å²) in [5.74, 6) is 0.711. The van der Waals surface area contributed by atoms with Crippen molar-refractivity contribution in [1.29, 1.82) is 0 Å². The lowest BCUT2D eigenvalue weighted by molar-refractivity contribution is -0.139. The summed E-state index contributed by atoms with van der Waals surface area (Å²) in [7, 11) is 0. The first kappa shape index (κ1) is 27.8. The molecule has 0 heterocycles. The second-order valence-corrected chi connectivity index (χ2v) is 10.5. The van der Waals surface area contributed by atoms with Gasteiger partial charge in [0.2, 0.25) is 11.8 Å². The molecule has 0 aliphatic rings. The number of nitrogens with one attached hydrogen (secondary N) is 1. The molecule has 0 spiro atoms.